The highest BCUT2D eigenvalue weighted by molar-refractivity contribution is 5.94. The minimum absolute atomic E-state index is 0.000889. The van der Waals surface area contributed by atoms with Crippen LogP contribution in [0.15, 0.2) is 79.1 Å². The summed E-state index contributed by atoms with van der Waals surface area (Å²) in [6, 6.07) is 23.0. The zero-order chi connectivity index (χ0) is 21.0. The van der Waals surface area contributed by atoms with E-state index >= 15 is 0 Å². The van der Waals surface area contributed by atoms with Gasteiger partial charge < -0.3 is 14.4 Å². The van der Waals surface area contributed by atoms with Crippen molar-refractivity contribution in [2.24, 2.45) is 0 Å². The molecule has 0 bridgehead atoms. The molecule has 0 unspecified atom stereocenters. The van der Waals surface area contributed by atoms with Crippen LogP contribution in [-0.2, 0) is 17.8 Å². The van der Waals surface area contributed by atoms with E-state index in [0.29, 0.717) is 12.3 Å². The first kappa shape index (κ1) is 18.8. The first-order valence-electron chi connectivity index (χ1n) is 9.82. The first-order valence-corrected chi connectivity index (χ1v) is 9.82. The third kappa shape index (κ3) is 4.09. The number of aromatic nitrogens is 4. The number of hydrogen-bond donors (Lipinski definition) is 0. The Labute approximate surface area is 178 Å². The summed E-state index contributed by atoms with van der Waals surface area (Å²) in [4.78, 5) is 15.1. The molecule has 1 aliphatic rings. The fourth-order valence-corrected chi connectivity index (χ4v) is 3.47. The molecule has 0 spiro atoms. The van der Waals surface area contributed by atoms with Gasteiger partial charge in [-0.2, -0.15) is 0 Å². The second-order valence-electron chi connectivity index (χ2n) is 7.10. The van der Waals surface area contributed by atoms with Crippen molar-refractivity contribution in [3.8, 4) is 17.2 Å². The van der Waals surface area contributed by atoms with Gasteiger partial charge >= 0.3 is 0 Å². The average Bonchev–Trinajstić information content (AvgIpc) is 3.50. The Morgan fingerprint density at radius 2 is 1.71 bits per heavy atom. The van der Waals surface area contributed by atoms with Gasteiger partial charge in [-0.1, -0.05) is 36.4 Å². The maximum absolute atomic E-state index is 13.3. The number of rotatable bonds is 6. The van der Waals surface area contributed by atoms with Crippen molar-refractivity contribution in [1.29, 1.82) is 0 Å². The molecule has 0 fully saturated rings. The van der Waals surface area contributed by atoms with Crippen molar-refractivity contribution in [2.45, 2.75) is 13.0 Å². The molecule has 0 saturated carbocycles. The number of ether oxygens (including phenoxy) is 2. The highest BCUT2D eigenvalue weighted by Gasteiger charge is 2.19. The molecule has 4 aromatic rings. The molecular weight excluding hydrogens is 394 g/mol. The average molecular weight is 413 g/mol. The van der Waals surface area contributed by atoms with E-state index in [2.05, 4.69) is 15.5 Å². The standard InChI is InChI=1S/C23H19N5O3/c29-23(13-17-6-9-20(10-7-17)28-15-24-25-26-28)27(19-4-2-1-3-5-19)14-18-8-11-21-22(12-18)31-16-30-21/h1-12,15H,13-14,16H2. The van der Waals surface area contributed by atoms with Crippen molar-refractivity contribution in [3.63, 3.8) is 0 Å². The van der Waals surface area contributed by atoms with E-state index in [4.69, 9.17) is 9.47 Å². The van der Waals surface area contributed by atoms with E-state index in [1.54, 1.807) is 9.58 Å². The number of amides is 1. The van der Waals surface area contributed by atoms with Crippen LogP contribution < -0.4 is 14.4 Å². The molecule has 8 nitrogen and oxygen atoms in total. The topological polar surface area (TPSA) is 82.4 Å². The highest BCUT2D eigenvalue weighted by atomic mass is 16.7. The number of fused-ring (bicyclic) bond motifs is 1. The summed E-state index contributed by atoms with van der Waals surface area (Å²) in [6.45, 7) is 0.656. The lowest BCUT2D eigenvalue weighted by Gasteiger charge is -2.23. The third-order valence-electron chi connectivity index (χ3n) is 5.05. The van der Waals surface area contributed by atoms with Crippen LogP contribution in [0.4, 0.5) is 5.69 Å². The summed E-state index contributed by atoms with van der Waals surface area (Å²) in [5.41, 5.74) is 3.56. The molecule has 0 saturated heterocycles. The zero-order valence-electron chi connectivity index (χ0n) is 16.6. The normalized spacial score (nSPS) is 12.0. The monoisotopic (exact) mass is 413 g/mol. The lowest BCUT2D eigenvalue weighted by Crippen LogP contribution is -2.31. The number of benzene rings is 3. The quantitative estimate of drug-likeness (QED) is 0.483. The Hall–Kier alpha value is -4.20. The van der Waals surface area contributed by atoms with Gasteiger partial charge in [-0.05, 0) is 58.0 Å². The Kier molecular flexibility index (Phi) is 5.02. The maximum Gasteiger partial charge on any atom is 0.231 e. The minimum atomic E-state index is -0.000889. The third-order valence-corrected chi connectivity index (χ3v) is 5.05. The maximum atomic E-state index is 13.3. The van der Waals surface area contributed by atoms with Gasteiger partial charge in [0.25, 0.3) is 0 Å². The van der Waals surface area contributed by atoms with Crippen LogP contribution >= 0.6 is 0 Å². The lowest BCUT2D eigenvalue weighted by atomic mass is 10.1. The van der Waals surface area contributed by atoms with E-state index in [9.17, 15) is 4.79 Å². The van der Waals surface area contributed by atoms with Crippen molar-refractivity contribution in [2.75, 3.05) is 11.7 Å². The summed E-state index contributed by atoms with van der Waals surface area (Å²) < 4.78 is 12.4. The van der Waals surface area contributed by atoms with Gasteiger partial charge in [0, 0.05) is 5.69 Å². The van der Waals surface area contributed by atoms with Crippen LogP contribution in [0.2, 0.25) is 0 Å². The highest BCUT2D eigenvalue weighted by Crippen LogP contribution is 2.33. The molecular formula is C23H19N5O3. The van der Waals surface area contributed by atoms with Gasteiger partial charge in [-0.15, -0.1) is 5.10 Å². The van der Waals surface area contributed by atoms with Crippen LogP contribution in [0.5, 0.6) is 11.5 Å². The molecule has 5 rings (SSSR count). The van der Waals surface area contributed by atoms with Crippen LogP contribution in [0.3, 0.4) is 0 Å². The molecule has 1 aliphatic heterocycles. The fraction of sp³-hybridized carbons (Fsp3) is 0.130. The second kappa shape index (κ2) is 8.27. The Morgan fingerprint density at radius 3 is 2.48 bits per heavy atom. The summed E-state index contributed by atoms with van der Waals surface area (Å²) in [5.74, 6) is 1.43. The number of carbonyl (C=O) groups excluding carboxylic acids is 1. The number of carbonyl (C=O) groups is 1. The molecule has 0 atom stereocenters. The van der Waals surface area contributed by atoms with Crippen LogP contribution in [0, 0.1) is 0 Å². The molecule has 1 amide bonds. The molecule has 8 heteroatoms. The Balaban J connectivity index is 1.37. The molecule has 2 heterocycles. The Morgan fingerprint density at radius 1 is 0.935 bits per heavy atom. The van der Waals surface area contributed by atoms with Crippen LogP contribution in [0.1, 0.15) is 11.1 Å². The predicted molar refractivity (Wildman–Crippen MR) is 113 cm³/mol. The predicted octanol–water partition coefficient (Wildman–Crippen LogP) is 3.17. The largest absolute Gasteiger partial charge is 0.454 e. The molecule has 0 N–H and O–H groups in total. The Bertz CT molecular complexity index is 1180. The van der Waals surface area contributed by atoms with Gasteiger partial charge in [0.1, 0.15) is 6.33 Å². The number of hydrogen-bond acceptors (Lipinski definition) is 6. The van der Waals surface area contributed by atoms with Gasteiger partial charge in [0.2, 0.25) is 12.7 Å². The van der Waals surface area contributed by atoms with Crippen LogP contribution in [0.25, 0.3) is 5.69 Å². The number of para-hydroxylation sites is 1. The van der Waals surface area contributed by atoms with Crippen molar-refractivity contribution >= 4 is 11.6 Å². The van der Waals surface area contributed by atoms with Gasteiger partial charge in [-0.25, -0.2) is 4.68 Å². The lowest BCUT2D eigenvalue weighted by molar-refractivity contribution is -0.118. The van der Waals surface area contributed by atoms with Crippen molar-refractivity contribution < 1.29 is 14.3 Å². The SMILES string of the molecule is O=C(Cc1ccc(-n2cnnn2)cc1)N(Cc1ccc2c(c1)OCO2)c1ccccc1. The summed E-state index contributed by atoms with van der Waals surface area (Å²) in [7, 11) is 0. The van der Waals surface area contributed by atoms with Gasteiger partial charge in [0.05, 0.1) is 18.7 Å². The first-order chi connectivity index (χ1) is 15.3. The molecule has 154 valence electrons. The van der Waals surface area contributed by atoms with Gasteiger partial charge in [0.15, 0.2) is 11.5 Å². The van der Waals surface area contributed by atoms with E-state index in [-0.39, 0.29) is 19.1 Å². The minimum Gasteiger partial charge on any atom is -0.454 e. The fourth-order valence-electron chi connectivity index (χ4n) is 3.47. The summed E-state index contributed by atoms with van der Waals surface area (Å²) in [6.07, 6.45) is 1.80. The molecule has 1 aromatic heterocycles. The number of nitrogens with zero attached hydrogens (tertiary/aromatic N) is 5. The second-order valence-corrected chi connectivity index (χ2v) is 7.10. The molecule has 0 radical (unpaired) electrons. The van der Waals surface area contributed by atoms with E-state index < -0.39 is 0 Å². The van der Waals surface area contributed by atoms with E-state index in [1.165, 1.54) is 6.33 Å². The number of tetrazole rings is 1. The van der Waals surface area contributed by atoms with E-state index in [1.807, 2.05) is 72.8 Å². The van der Waals surface area contributed by atoms with Crippen molar-refractivity contribution in [1.82, 2.24) is 20.2 Å². The van der Waals surface area contributed by atoms with Gasteiger partial charge in [-0.3, -0.25) is 4.79 Å². The molecule has 31 heavy (non-hydrogen) atoms. The summed E-state index contributed by atoms with van der Waals surface area (Å²) in [5, 5.41) is 11.2. The zero-order valence-corrected chi connectivity index (χ0v) is 16.6. The van der Waals surface area contributed by atoms with Crippen LogP contribution in [-0.4, -0.2) is 32.9 Å². The smallest absolute Gasteiger partial charge is 0.231 e. The van der Waals surface area contributed by atoms with E-state index in [0.717, 1.165) is 28.3 Å². The number of anilines is 1. The molecule has 3 aromatic carbocycles. The summed E-state index contributed by atoms with van der Waals surface area (Å²) >= 11 is 0. The molecule has 0 aliphatic carbocycles. The van der Waals surface area contributed by atoms with Crippen molar-refractivity contribution in [3.05, 3.63) is 90.3 Å².